The highest BCUT2D eigenvalue weighted by atomic mass is 15.4. The normalized spacial score (nSPS) is 24.6. The summed E-state index contributed by atoms with van der Waals surface area (Å²) >= 11 is 0. The molecule has 0 amide bonds. The van der Waals surface area contributed by atoms with Crippen molar-refractivity contribution in [1.29, 1.82) is 0 Å². The molecule has 0 aromatic heterocycles. The van der Waals surface area contributed by atoms with E-state index in [0.29, 0.717) is 0 Å². The third-order valence-electron chi connectivity index (χ3n) is 2.44. The van der Waals surface area contributed by atoms with Gasteiger partial charge in [-0.15, -0.1) is 0 Å². The van der Waals surface area contributed by atoms with Gasteiger partial charge in [-0.3, -0.25) is 5.32 Å². The molecule has 2 heteroatoms. The molecule has 0 radical (unpaired) electrons. The summed E-state index contributed by atoms with van der Waals surface area (Å²) < 4.78 is 1.23. The van der Waals surface area contributed by atoms with Crippen LogP contribution < -0.4 is 5.32 Å². The van der Waals surface area contributed by atoms with E-state index in [2.05, 4.69) is 12.4 Å². The van der Waals surface area contributed by atoms with Crippen LogP contribution in [-0.2, 0) is 0 Å². The molecule has 1 heterocycles. The molecule has 1 N–H and O–H groups in total. The zero-order chi connectivity index (χ0) is 7.45. The van der Waals surface area contributed by atoms with E-state index < -0.39 is 0 Å². The molecular formula is C8H19N2+. The third-order valence-corrected chi connectivity index (χ3v) is 2.44. The van der Waals surface area contributed by atoms with Crippen LogP contribution in [0.5, 0.6) is 0 Å². The summed E-state index contributed by atoms with van der Waals surface area (Å²) in [6, 6.07) is 0. The second-order valence-electron chi connectivity index (χ2n) is 3.64. The lowest BCUT2D eigenvalue weighted by atomic mass is 10.1. The largest absolute Gasteiger partial charge is 0.314 e. The molecule has 1 saturated heterocycles. The van der Waals surface area contributed by atoms with Gasteiger partial charge in [0.1, 0.15) is 6.67 Å². The SMILES string of the molecule is CNC[N+]1(C)CCCCC1. The second kappa shape index (κ2) is 3.35. The van der Waals surface area contributed by atoms with Gasteiger partial charge in [-0.05, 0) is 26.3 Å². The molecule has 10 heavy (non-hydrogen) atoms. The quantitative estimate of drug-likeness (QED) is 0.564. The van der Waals surface area contributed by atoms with Gasteiger partial charge in [-0.1, -0.05) is 0 Å². The maximum absolute atomic E-state index is 3.25. The Morgan fingerprint density at radius 2 is 1.80 bits per heavy atom. The van der Waals surface area contributed by atoms with Crippen molar-refractivity contribution in [2.75, 3.05) is 33.9 Å². The van der Waals surface area contributed by atoms with Gasteiger partial charge in [0.25, 0.3) is 0 Å². The number of likely N-dealkylation sites (tertiary alicyclic amines) is 1. The number of nitrogens with one attached hydrogen (secondary N) is 1. The predicted octanol–water partition coefficient (Wildman–Crippen LogP) is 0.794. The standard InChI is InChI=1S/C8H19N2/c1-9-8-10(2)6-4-3-5-7-10/h9H,3-8H2,1-2H3/q+1. The number of hydrogen-bond donors (Lipinski definition) is 1. The third kappa shape index (κ3) is 1.96. The summed E-state index contributed by atoms with van der Waals surface area (Å²) in [5, 5.41) is 3.25. The highest BCUT2D eigenvalue weighted by Gasteiger charge is 2.22. The Morgan fingerprint density at radius 3 is 2.30 bits per heavy atom. The highest BCUT2D eigenvalue weighted by molar-refractivity contribution is 4.50. The Morgan fingerprint density at radius 1 is 1.20 bits per heavy atom. The van der Waals surface area contributed by atoms with Gasteiger partial charge in [-0.2, -0.15) is 0 Å². The van der Waals surface area contributed by atoms with Crippen LogP contribution in [0.25, 0.3) is 0 Å². The molecule has 0 aliphatic carbocycles. The van der Waals surface area contributed by atoms with Crippen LogP contribution in [0.15, 0.2) is 0 Å². The van der Waals surface area contributed by atoms with Crippen molar-refractivity contribution in [3.63, 3.8) is 0 Å². The minimum atomic E-state index is 1.14. The number of rotatable bonds is 2. The molecule has 2 nitrogen and oxygen atoms in total. The van der Waals surface area contributed by atoms with E-state index in [4.69, 9.17) is 0 Å². The minimum Gasteiger partial charge on any atom is -0.314 e. The molecule has 0 bridgehead atoms. The summed E-state index contributed by atoms with van der Waals surface area (Å²) in [6.45, 7) is 3.86. The van der Waals surface area contributed by atoms with Crippen molar-refractivity contribution >= 4 is 0 Å². The van der Waals surface area contributed by atoms with Crippen LogP contribution in [-0.4, -0.2) is 38.3 Å². The van der Waals surface area contributed by atoms with Crippen molar-refractivity contribution in [2.24, 2.45) is 0 Å². The van der Waals surface area contributed by atoms with Gasteiger partial charge in [-0.25, -0.2) is 0 Å². The van der Waals surface area contributed by atoms with Gasteiger partial charge >= 0.3 is 0 Å². The molecule has 1 aliphatic rings. The van der Waals surface area contributed by atoms with Crippen LogP contribution in [0.3, 0.4) is 0 Å². The molecule has 0 atom stereocenters. The van der Waals surface area contributed by atoms with Crippen LogP contribution in [0.4, 0.5) is 0 Å². The first kappa shape index (κ1) is 8.02. The fourth-order valence-corrected chi connectivity index (χ4v) is 1.82. The first-order valence-corrected chi connectivity index (χ1v) is 4.25. The average molecular weight is 143 g/mol. The first-order valence-electron chi connectivity index (χ1n) is 4.25. The van der Waals surface area contributed by atoms with Crippen molar-refractivity contribution in [1.82, 2.24) is 5.32 Å². The average Bonchev–Trinajstić information content (AvgIpc) is 1.89. The molecular weight excluding hydrogens is 124 g/mol. The Labute approximate surface area is 63.8 Å². The van der Waals surface area contributed by atoms with Crippen LogP contribution in [0, 0.1) is 0 Å². The summed E-state index contributed by atoms with van der Waals surface area (Å²) in [6.07, 6.45) is 4.27. The van der Waals surface area contributed by atoms with Crippen LogP contribution in [0.1, 0.15) is 19.3 Å². The van der Waals surface area contributed by atoms with Crippen molar-refractivity contribution in [3.05, 3.63) is 0 Å². The van der Waals surface area contributed by atoms with Gasteiger partial charge in [0.15, 0.2) is 0 Å². The molecule has 0 aromatic carbocycles. The summed E-state index contributed by atoms with van der Waals surface area (Å²) in [7, 11) is 4.38. The van der Waals surface area contributed by atoms with Gasteiger partial charge in [0, 0.05) is 0 Å². The first-order chi connectivity index (χ1) is 4.77. The fraction of sp³-hybridized carbons (Fsp3) is 1.00. The van der Waals surface area contributed by atoms with Crippen molar-refractivity contribution in [2.45, 2.75) is 19.3 Å². The number of piperidine rings is 1. The maximum atomic E-state index is 3.25. The molecule has 1 fully saturated rings. The lowest BCUT2D eigenvalue weighted by Gasteiger charge is -2.37. The molecule has 0 aromatic rings. The smallest absolute Gasteiger partial charge is 0.132 e. The number of hydrogen-bond acceptors (Lipinski definition) is 1. The maximum Gasteiger partial charge on any atom is 0.132 e. The van der Waals surface area contributed by atoms with E-state index in [-0.39, 0.29) is 0 Å². The molecule has 60 valence electrons. The number of nitrogens with zero attached hydrogens (tertiary/aromatic N) is 1. The van der Waals surface area contributed by atoms with Crippen molar-refractivity contribution < 1.29 is 4.48 Å². The Bertz CT molecular complexity index is 89.9. The van der Waals surface area contributed by atoms with Crippen molar-refractivity contribution in [3.8, 4) is 0 Å². The Kier molecular flexibility index (Phi) is 2.69. The molecule has 0 saturated carbocycles. The Hall–Kier alpha value is -0.0800. The van der Waals surface area contributed by atoms with E-state index in [1.54, 1.807) is 0 Å². The van der Waals surface area contributed by atoms with Crippen LogP contribution >= 0.6 is 0 Å². The summed E-state index contributed by atoms with van der Waals surface area (Å²) in [5.74, 6) is 0. The lowest BCUT2D eigenvalue weighted by molar-refractivity contribution is -0.916. The van der Waals surface area contributed by atoms with E-state index in [1.165, 1.54) is 36.8 Å². The van der Waals surface area contributed by atoms with E-state index in [0.717, 1.165) is 6.67 Å². The van der Waals surface area contributed by atoms with E-state index >= 15 is 0 Å². The zero-order valence-corrected chi connectivity index (χ0v) is 7.19. The monoisotopic (exact) mass is 143 g/mol. The number of quaternary nitrogens is 1. The lowest BCUT2D eigenvalue weighted by Crippen LogP contribution is -2.52. The van der Waals surface area contributed by atoms with Crippen LogP contribution in [0.2, 0.25) is 0 Å². The summed E-state index contributed by atoms with van der Waals surface area (Å²) in [4.78, 5) is 0. The topological polar surface area (TPSA) is 12.0 Å². The highest BCUT2D eigenvalue weighted by Crippen LogP contribution is 2.14. The van der Waals surface area contributed by atoms with E-state index in [9.17, 15) is 0 Å². The predicted molar refractivity (Wildman–Crippen MR) is 43.7 cm³/mol. The molecule has 1 rings (SSSR count). The fourth-order valence-electron chi connectivity index (χ4n) is 1.82. The Balaban J connectivity index is 2.32. The molecule has 1 aliphatic heterocycles. The molecule has 0 unspecified atom stereocenters. The summed E-state index contributed by atoms with van der Waals surface area (Å²) in [5.41, 5.74) is 0. The van der Waals surface area contributed by atoms with E-state index in [1.807, 2.05) is 7.05 Å². The molecule has 0 spiro atoms. The van der Waals surface area contributed by atoms with Gasteiger partial charge in [0.05, 0.1) is 20.1 Å². The minimum absolute atomic E-state index is 1.14. The second-order valence-corrected chi connectivity index (χ2v) is 3.64. The van der Waals surface area contributed by atoms with Gasteiger partial charge < -0.3 is 4.48 Å². The van der Waals surface area contributed by atoms with Gasteiger partial charge in [0.2, 0.25) is 0 Å². The zero-order valence-electron chi connectivity index (χ0n) is 7.19.